The number of aliphatic carboxylic acids is 1. The molecule has 2 unspecified atom stereocenters. The van der Waals surface area contributed by atoms with Crippen molar-refractivity contribution in [1.82, 2.24) is 0 Å². The smallest absolute Gasteiger partial charge is 0.361 e. The van der Waals surface area contributed by atoms with E-state index in [-0.39, 0.29) is 38.2 Å². The molecule has 0 aromatic rings. The van der Waals surface area contributed by atoms with Crippen molar-refractivity contribution in [1.29, 1.82) is 0 Å². The van der Waals surface area contributed by atoms with Crippen LogP contribution in [0.5, 0.6) is 0 Å². The van der Waals surface area contributed by atoms with Crippen LogP contribution in [0.25, 0.3) is 0 Å². The number of unbranched alkanes of at least 4 members (excludes halogenated alkanes) is 39. The number of allylic oxidation sites excluding steroid dienone is 8. The third kappa shape index (κ3) is 60.9. The largest absolute Gasteiger partial charge is 0.477 e. The van der Waals surface area contributed by atoms with Crippen LogP contribution in [0.3, 0.4) is 0 Å². The molecule has 9 nitrogen and oxygen atoms in total. The van der Waals surface area contributed by atoms with Gasteiger partial charge in [0.1, 0.15) is 13.2 Å². The number of esters is 2. The van der Waals surface area contributed by atoms with Crippen molar-refractivity contribution in [3.8, 4) is 0 Å². The number of carbonyl (C=O) groups is 3. The van der Waals surface area contributed by atoms with Crippen LogP contribution in [0, 0.1) is 0 Å². The van der Waals surface area contributed by atoms with Gasteiger partial charge in [0, 0.05) is 12.8 Å². The van der Waals surface area contributed by atoms with Gasteiger partial charge in [0.05, 0.1) is 34.4 Å². The number of carboxylic acids is 1. The SMILES string of the molecule is CC/C=C\C/C=C\C/C=C\C/C=C\CCCCCCCCCCCCCCCCCCCCCCC(=O)OC(COC(=O)CCCCCCCCCCCCCCCCCCCCCC)COC(OCC[N+](C)(C)C)C(=O)O. The van der Waals surface area contributed by atoms with E-state index in [4.69, 9.17) is 18.9 Å². The van der Waals surface area contributed by atoms with Gasteiger partial charge in [-0.05, 0) is 51.4 Å². The van der Waals surface area contributed by atoms with Crippen molar-refractivity contribution in [2.45, 2.75) is 328 Å². The highest BCUT2D eigenvalue weighted by atomic mass is 16.7. The minimum absolute atomic E-state index is 0.176. The molecule has 0 fully saturated rings. The number of likely N-dealkylation sites (N-methyl/N-ethyl adjacent to an activating group) is 1. The Bertz CT molecular complexity index is 1420. The first-order valence-electron chi connectivity index (χ1n) is 33.3. The molecular weight excluding hydrogens is 971 g/mol. The maximum atomic E-state index is 12.9. The molecule has 78 heavy (non-hydrogen) atoms. The van der Waals surface area contributed by atoms with E-state index < -0.39 is 18.4 Å². The van der Waals surface area contributed by atoms with E-state index in [1.54, 1.807) is 0 Å². The van der Waals surface area contributed by atoms with Gasteiger partial charge < -0.3 is 28.5 Å². The summed E-state index contributed by atoms with van der Waals surface area (Å²) in [5, 5.41) is 9.73. The summed E-state index contributed by atoms with van der Waals surface area (Å²) in [5.41, 5.74) is 0. The van der Waals surface area contributed by atoms with Gasteiger partial charge in [0.25, 0.3) is 6.29 Å². The average Bonchev–Trinajstić information content (AvgIpc) is 3.41. The van der Waals surface area contributed by atoms with Crippen molar-refractivity contribution in [3.63, 3.8) is 0 Å². The summed E-state index contributed by atoms with van der Waals surface area (Å²) >= 11 is 0. The third-order valence-corrected chi connectivity index (χ3v) is 14.8. The Labute approximate surface area is 482 Å². The molecule has 456 valence electrons. The fourth-order valence-electron chi connectivity index (χ4n) is 9.77. The Morgan fingerprint density at radius 2 is 0.731 bits per heavy atom. The normalized spacial score (nSPS) is 13.0. The van der Waals surface area contributed by atoms with Gasteiger partial charge in [-0.1, -0.05) is 300 Å². The number of hydrogen-bond acceptors (Lipinski definition) is 7. The number of rotatable bonds is 62. The Morgan fingerprint density at radius 1 is 0.397 bits per heavy atom. The molecule has 0 rings (SSSR count). The first-order chi connectivity index (χ1) is 38.1. The highest BCUT2D eigenvalue weighted by Gasteiger charge is 2.25. The van der Waals surface area contributed by atoms with E-state index in [2.05, 4.69) is 62.5 Å². The molecule has 0 radical (unpaired) electrons. The summed E-state index contributed by atoms with van der Waals surface area (Å²) in [6, 6.07) is 0. The zero-order valence-electron chi connectivity index (χ0n) is 52.1. The third-order valence-electron chi connectivity index (χ3n) is 14.8. The van der Waals surface area contributed by atoms with Gasteiger partial charge in [-0.3, -0.25) is 9.59 Å². The molecule has 0 aromatic carbocycles. The molecule has 9 heteroatoms. The van der Waals surface area contributed by atoms with E-state index in [0.29, 0.717) is 17.4 Å². The lowest BCUT2D eigenvalue weighted by molar-refractivity contribution is -0.870. The van der Waals surface area contributed by atoms with Crippen molar-refractivity contribution in [3.05, 3.63) is 48.6 Å². The zero-order chi connectivity index (χ0) is 56.9. The lowest BCUT2D eigenvalue weighted by Crippen LogP contribution is -2.40. The fourth-order valence-corrected chi connectivity index (χ4v) is 9.77. The van der Waals surface area contributed by atoms with Crippen LogP contribution >= 0.6 is 0 Å². The molecule has 0 bridgehead atoms. The molecule has 0 saturated heterocycles. The maximum Gasteiger partial charge on any atom is 0.361 e. The van der Waals surface area contributed by atoms with Gasteiger partial charge in [-0.25, -0.2) is 4.79 Å². The van der Waals surface area contributed by atoms with E-state index in [1.165, 1.54) is 225 Å². The number of quaternary nitrogens is 1. The Morgan fingerprint density at radius 3 is 1.09 bits per heavy atom. The van der Waals surface area contributed by atoms with Crippen molar-refractivity contribution < 1.29 is 42.9 Å². The highest BCUT2D eigenvalue weighted by molar-refractivity contribution is 5.71. The Hall–Kier alpha value is -2.75. The predicted octanol–water partition coefficient (Wildman–Crippen LogP) is 20.2. The molecule has 0 spiro atoms. The van der Waals surface area contributed by atoms with Crippen LogP contribution in [-0.2, 0) is 33.3 Å². The zero-order valence-corrected chi connectivity index (χ0v) is 52.1. The van der Waals surface area contributed by atoms with Crippen LogP contribution in [0.4, 0.5) is 0 Å². The number of carbonyl (C=O) groups excluding carboxylic acids is 2. The topological polar surface area (TPSA) is 108 Å². The van der Waals surface area contributed by atoms with Crippen LogP contribution in [0.15, 0.2) is 48.6 Å². The minimum Gasteiger partial charge on any atom is -0.477 e. The first kappa shape index (κ1) is 75.2. The highest BCUT2D eigenvalue weighted by Crippen LogP contribution is 2.18. The van der Waals surface area contributed by atoms with Crippen LogP contribution in [-0.4, -0.2) is 87.4 Å². The summed E-state index contributed by atoms with van der Waals surface area (Å²) in [4.78, 5) is 37.5. The summed E-state index contributed by atoms with van der Waals surface area (Å²) in [7, 11) is 5.99. The first-order valence-corrected chi connectivity index (χ1v) is 33.3. The maximum absolute atomic E-state index is 12.9. The van der Waals surface area contributed by atoms with E-state index in [1.807, 2.05) is 21.1 Å². The van der Waals surface area contributed by atoms with E-state index in [9.17, 15) is 19.5 Å². The average molecular weight is 1100 g/mol. The van der Waals surface area contributed by atoms with Crippen molar-refractivity contribution >= 4 is 17.9 Å². The summed E-state index contributed by atoms with van der Waals surface area (Å²) in [5.74, 6) is -1.98. The Kier molecular flexibility index (Phi) is 58.2. The fraction of sp³-hybridized carbons (Fsp3) is 0.841. The van der Waals surface area contributed by atoms with Gasteiger partial charge in [-0.15, -0.1) is 0 Å². The minimum atomic E-state index is -1.51. The monoisotopic (exact) mass is 1100 g/mol. The second-order valence-corrected chi connectivity index (χ2v) is 23.8. The molecule has 0 saturated carbocycles. The van der Waals surface area contributed by atoms with E-state index in [0.717, 1.165) is 64.2 Å². The number of ether oxygens (including phenoxy) is 4. The molecule has 0 aromatic heterocycles. The number of hydrogen-bond donors (Lipinski definition) is 1. The standard InChI is InChI=1S/C69H127NO8/c1-6-8-10-12-14-16-18-20-22-24-26-28-29-30-31-32-33-34-35-36-37-38-39-40-42-44-46-48-50-52-54-56-58-60-67(72)78-65(64-77-69(68(73)74)75-62-61-70(3,4)5)63-76-66(71)59-57-55-53-51-49-47-45-43-41-27-25-23-21-19-17-15-13-11-9-7-2/h8,10,14,16,20,22,26,28,65,69H,6-7,9,11-13,15,17-19,21,23-25,27,29-64H2,1-5H3/p+1/b10-8-,16-14-,22-20-,28-26-. The van der Waals surface area contributed by atoms with E-state index >= 15 is 0 Å². The molecule has 0 aliphatic heterocycles. The summed E-state index contributed by atoms with van der Waals surface area (Å²) in [6.07, 6.45) is 73.6. The lowest BCUT2D eigenvalue weighted by atomic mass is 10.0. The summed E-state index contributed by atoms with van der Waals surface area (Å²) < 4.78 is 23.0. The second-order valence-electron chi connectivity index (χ2n) is 23.8. The Balaban J connectivity index is 4.06. The molecular formula is C69H128NO8+. The second kappa shape index (κ2) is 60.3. The van der Waals surface area contributed by atoms with Gasteiger partial charge in [0.2, 0.25) is 0 Å². The van der Waals surface area contributed by atoms with Crippen LogP contribution in [0.1, 0.15) is 316 Å². The molecule has 2 atom stereocenters. The predicted molar refractivity (Wildman–Crippen MR) is 332 cm³/mol. The molecule has 0 aliphatic carbocycles. The molecule has 0 amide bonds. The van der Waals surface area contributed by atoms with Gasteiger partial charge in [0.15, 0.2) is 6.10 Å². The van der Waals surface area contributed by atoms with Crippen molar-refractivity contribution in [2.75, 3.05) is 47.5 Å². The van der Waals surface area contributed by atoms with Gasteiger partial charge in [-0.2, -0.15) is 0 Å². The van der Waals surface area contributed by atoms with Crippen molar-refractivity contribution in [2.24, 2.45) is 0 Å². The molecule has 0 heterocycles. The molecule has 1 N–H and O–H groups in total. The van der Waals surface area contributed by atoms with Gasteiger partial charge >= 0.3 is 17.9 Å². The molecule has 0 aliphatic rings. The number of nitrogens with zero attached hydrogens (tertiary/aromatic N) is 1. The van der Waals surface area contributed by atoms with Crippen LogP contribution in [0.2, 0.25) is 0 Å². The quantitative estimate of drug-likeness (QED) is 0.0211. The summed E-state index contributed by atoms with van der Waals surface area (Å²) in [6.45, 7) is 4.82. The van der Waals surface area contributed by atoms with Crippen LogP contribution < -0.4 is 0 Å². The number of carboxylic acid groups (broad SMARTS) is 1. The lowest BCUT2D eigenvalue weighted by Gasteiger charge is -2.25.